The van der Waals surface area contributed by atoms with Gasteiger partial charge in [0.2, 0.25) is 0 Å². The summed E-state index contributed by atoms with van der Waals surface area (Å²) in [4.78, 5) is 16.9. The Morgan fingerprint density at radius 1 is 1.29 bits per heavy atom. The molecule has 1 aromatic rings. The average Bonchev–Trinajstić information content (AvgIpc) is 2.15. The molecule has 0 aliphatic carbocycles. The lowest BCUT2D eigenvalue weighted by Gasteiger charge is -2.10. The molecule has 2 N–H and O–H groups in total. The molecule has 0 aliphatic heterocycles. The van der Waals surface area contributed by atoms with Crippen LogP contribution in [0.5, 0.6) is 0 Å². The van der Waals surface area contributed by atoms with Gasteiger partial charge in [-0.15, -0.1) is 0 Å². The van der Waals surface area contributed by atoms with Crippen LogP contribution in [0.15, 0.2) is 12.4 Å². The number of alkyl halides is 3. The first-order chi connectivity index (χ1) is 7.65. The Morgan fingerprint density at radius 3 is 2.29 bits per heavy atom. The van der Waals surface area contributed by atoms with Gasteiger partial charge in [0, 0.05) is 12.4 Å². The Kier molecular flexibility index (Phi) is 3.22. The molecule has 0 unspecified atom stereocenters. The minimum atomic E-state index is -5.72. The number of aromatic nitrogens is 2. The van der Waals surface area contributed by atoms with Crippen LogP contribution in [0.1, 0.15) is 10.5 Å². The fourth-order valence-electron chi connectivity index (χ4n) is 0.754. The highest BCUT2D eigenvalue weighted by molar-refractivity contribution is 7.93. The van der Waals surface area contributed by atoms with Crippen LogP contribution < -0.4 is 4.72 Å². The van der Waals surface area contributed by atoms with E-state index < -0.39 is 33.0 Å². The van der Waals surface area contributed by atoms with Gasteiger partial charge in [0.25, 0.3) is 0 Å². The van der Waals surface area contributed by atoms with Gasteiger partial charge in [-0.25, -0.2) is 14.8 Å². The molecular formula is C6H4F3N3O4S. The summed E-state index contributed by atoms with van der Waals surface area (Å²) in [5.41, 5.74) is -6.50. The van der Waals surface area contributed by atoms with Crippen LogP contribution in [0, 0.1) is 0 Å². The molecule has 0 bridgehead atoms. The molecule has 0 radical (unpaired) electrons. The van der Waals surface area contributed by atoms with E-state index in [0.29, 0.717) is 0 Å². The highest BCUT2D eigenvalue weighted by Crippen LogP contribution is 2.25. The first kappa shape index (κ1) is 13.2. The lowest BCUT2D eigenvalue weighted by molar-refractivity contribution is -0.0429. The van der Waals surface area contributed by atoms with Crippen molar-refractivity contribution in [2.24, 2.45) is 0 Å². The van der Waals surface area contributed by atoms with Crippen LogP contribution in [-0.4, -0.2) is 35.0 Å². The summed E-state index contributed by atoms with van der Waals surface area (Å²) in [6, 6.07) is 0. The van der Waals surface area contributed by atoms with Crippen LogP contribution in [0.2, 0.25) is 0 Å². The van der Waals surface area contributed by atoms with Gasteiger partial charge < -0.3 is 5.11 Å². The Bertz CT molecular complexity index is 542. The number of hydrogen-bond acceptors (Lipinski definition) is 5. The summed E-state index contributed by atoms with van der Waals surface area (Å²) >= 11 is 0. The van der Waals surface area contributed by atoms with Gasteiger partial charge in [-0.2, -0.15) is 21.6 Å². The summed E-state index contributed by atoms with van der Waals surface area (Å²) in [6.45, 7) is 0. The maximum Gasteiger partial charge on any atom is 0.516 e. The van der Waals surface area contributed by atoms with Crippen molar-refractivity contribution < 1.29 is 31.5 Å². The molecule has 0 fully saturated rings. The van der Waals surface area contributed by atoms with Gasteiger partial charge >= 0.3 is 21.5 Å². The molecule has 0 aliphatic rings. The monoisotopic (exact) mass is 271 g/mol. The maximum atomic E-state index is 12.0. The summed E-state index contributed by atoms with van der Waals surface area (Å²) < 4.78 is 58.4. The molecule has 0 saturated carbocycles. The zero-order chi connectivity index (χ0) is 13.3. The molecule has 0 aromatic carbocycles. The topological polar surface area (TPSA) is 109 Å². The van der Waals surface area contributed by atoms with Gasteiger partial charge in [0.1, 0.15) is 0 Å². The number of nitrogens with zero attached hydrogens (tertiary/aromatic N) is 2. The largest absolute Gasteiger partial charge is 0.516 e. The zero-order valence-electron chi connectivity index (χ0n) is 7.76. The summed E-state index contributed by atoms with van der Waals surface area (Å²) in [7, 11) is -5.72. The lowest BCUT2D eigenvalue weighted by Crippen LogP contribution is -2.31. The number of hydrogen-bond donors (Lipinski definition) is 2. The second-order valence-electron chi connectivity index (χ2n) is 2.61. The van der Waals surface area contributed by atoms with E-state index in [1.54, 1.807) is 0 Å². The second-order valence-corrected chi connectivity index (χ2v) is 4.28. The van der Waals surface area contributed by atoms with E-state index in [9.17, 15) is 26.4 Å². The van der Waals surface area contributed by atoms with Gasteiger partial charge in [-0.3, -0.25) is 4.72 Å². The summed E-state index contributed by atoms with van der Waals surface area (Å²) in [6.07, 6.45) is 1.75. The molecule has 0 saturated heterocycles. The highest BCUT2D eigenvalue weighted by Gasteiger charge is 2.46. The predicted octanol–water partition coefficient (Wildman–Crippen LogP) is 0.436. The second kappa shape index (κ2) is 4.16. The van der Waals surface area contributed by atoms with Crippen LogP contribution in [0.4, 0.5) is 19.0 Å². The summed E-state index contributed by atoms with van der Waals surface area (Å²) in [5, 5.41) is 8.55. The quantitative estimate of drug-likeness (QED) is 0.825. The number of rotatable bonds is 3. The third kappa shape index (κ3) is 2.81. The number of carboxylic acids is 1. The Labute approximate surface area is 92.4 Å². The number of carbonyl (C=O) groups is 1. The molecule has 0 spiro atoms. The molecule has 7 nitrogen and oxygen atoms in total. The average molecular weight is 271 g/mol. The number of nitrogens with one attached hydrogen (secondary N) is 1. The third-order valence-electron chi connectivity index (χ3n) is 1.44. The number of sulfonamides is 1. The van der Waals surface area contributed by atoms with E-state index in [-0.39, 0.29) is 0 Å². The maximum absolute atomic E-state index is 12.0. The van der Waals surface area contributed by atoms with E-state index in [0.717, 1.165) is 17.1 Å². The van der Waals surface area contributed by atoms with Crippen LogP contribution >= 0.6 is 0 Å². The first-order valence-corrected chi connectivity index (χ1v) is 5.27. The van der Waals surface area contributed by atoms with Crippen molar-refractivity contribution in [2.45, 2.75) is 5.51 Å². The number of anilines is 1. The Morgan fingerprint density at radius 2 is 1.82 bits per heavy atom. The fraction of sp³-hybridized carbons (Fsp3) is 0.167. The van der Waals surface area contributed by atoms with Crippen molar-refractivity contribution in [3.8, 4) is 0 Å². The molecule has 94 valence electrons. The number of halogens is 3. The minimum Gasteiger partial charge on any atom is -0.476 e. The Hall–Kier alpha value is -1.91. The minimum absolute atomic E-state index is 0.848. The van der Waals surface area contributed by atoms with Crippen molar-refractivity contribution in [2.75, 3.05) is 4.72 Å². The van der Waals surface area contributed by atoms with Gasteiger partial charge in [0.05, 0.1) is 0 Å². The van der Waals surface area contributed by atoms with Gasteiger partial charge in [-0.1, -0.05) is 0 Å². The number of aromatic carboxylic acids is 1. The lowest BCUT2D eigenvalue weighted by atomic mass is 10.4. The predicted molar refractivity (Wildman–Crippen MR) is 47.6 cm³/mol. The Balaban J connectivity index is 3.18. The van der Waals surface area contributed by atoms with E-state index in [4.69, 9.17) is 5.11 Å². The molecule has 17 heavy (non-hydrogen) atoms. The summed E-state index contributed by atoms with van der Waals surface area (Å²) in [5.74, 6) is -2.71. The van der Waals surface area contributed by atoms with E-state index in [1.165, 1.54) is 0 Å². The fourth-order valence-corrected chi connectivity index (χ4v) is 1.27. The number of carboxylic acid groups (broad SMARTS) is 1. The molecule has 1 rings (SSSR count). The first-order valence-electron chi connectivity index (χ1n) is 3.78. The SMILES string of the molecule is O=C(O)c1nccnc1NS(=O)(=O)C(F)(F)F. The van der Waals surface area contributed by atoms with Crippen LogP contribution in [0.25, 0.3) is 0 Å². The molecular weight excluding hydrogens is 267 g/mol. The molecule has 0 atom stereocenters. The third-order valence-corrected chi connectivity index (χ3v) is 2.51. The van der Waals surface area contributed by atoms with Crippen LogP contribution in [-0.2, 0) is 10.0 Å². The van der Waals surface area contributed by atoms with E-state index >= 15 is 0 Å². The van der Waals surface area contributed by atoms with Crippen molar-refractivity contribution in [1.82, 2.24) is 9.97 Å². The van der Waals surface area contributed by atoms with Crippen molar-refractivity contribution in [3.05, 3.63) is 18.1 Å². The van der Waals surface area contributed by atoms with E-state index in [1.807, 2.05) is 0 Å². The van der Waals surface area contributed by atoms with E-state index in [2.05, 4.69) is 9.97 Å². The van der Waals surface area contributed by atoms with Crippen molar-refractivity contribution in [3.63, 3.8) is 0 Å². The molecule has 11 heteroatoms. The molecule has 1 aromatic heterocycles. The smallest absolute Gasteiger partial charge is 0.476 e. The molecule has 1 heterocycles. The van der Waals surface area contributed by atoms with Crippen molar-refractivity contribution in [1.29, 1.82) is 0 Å². The standard InChI is InChI=1S/C6H4F3N3O4S/c7-6(8,9)17(15,16)12-4-3(5(13)14)10-1-2-11-4/h1-2H,(H,11,12)(H,13,14). The van der Waals surface area contributed by atoms with Gasteiger partial charge in [0.15, 0.2) is 11.5 Å². The highest BCUT2D eigenvalue weighted by atomic mass is 32.2. The van der Waals surface area contributed by atoms with Crippen molar-refractivity contribution >= 4 is 21.8 Å². The van der Waals surface area contributed by atoms with Crippen LogP contribution in [0.3, 0.4) is 0 Å². The van der Waals surface area contributed by atoms with Gasteiger partial charge in [-0.05, 0) is 0 Å². The molecule has 0 amide bonds. The normalized spacial score (nSPS) is 12.2. The zero-order valence-corrected chi connectivity index (χ0v) is 8.58.